The minimum atomic E-state index is 0.954. The summed E-state index contributed by atoms with van der Waals surface area (Å²) in [5.41, 5.74) is 0. The molecule has 0 aromatic carbocycles. The van der Waals surface area contributed by atoms with Crippen molar-refractivity contribution >= 4 is 0 Å². The zero-order chi connectivity index (χ0) is 13.1. The Morgan fingerprint density at radius 3 is 2.00 bits per heavy atom. The van der Waals surface area contributed by atoms with Gasteiger partial charge in [0.15, 0.2) is 0 Å². The van der Waals surface area contributed by atoms with E-state index in [0.29, 0.717) is 0 Å². The quantitative estimate of drug-likeness (QED) is 0.501. The summed E-state index contributed by atoms with van der Waals surface area (Å²) in [7, 11) is 0. The summed E-state index contributed by atoms with van der Waals surface area (Å²) >= 11 is 0. The fourth-order valence-corrected chi connectivity index (χ4v) is 4.66. The molecule has 0 heteroatoms. The van der Waals surface area contributed by atoms with E-state index in [4.69, 9.17) is 0 Å². The zero-order valence-electron chi connectivity index (χ0n) is 13.1. The number of hydrogen-bond acceptors (Lipinski definition) is 0. The highest BCUT2D eigenvalue weighted by atomic mass is 14.4. The van der Waals surface area contributed by atoms with Gasteiger partial charge in [0, 0.05) is 0 Å². The van der Waals surface area contributed by atoms with Gasteiger partial charge in [-0.2, -0.15) is 0 Å². The molecule has 0 nitrogen and oxygen atoms in total. The zero-order valence-corrected chi connectivity index (χ0v) is 13.1. The lowest BCUT2D eigenvalue weighted by atomic mass is 9.74. The lowest BCUT2D eigenvalue weighted by molar-refractivity contribution is 0.176. The Labute approximate surface area is 115 Å². The van der Waals surface area contributed by atoms with Crippen LogP contribution in [-0.2, 0) is 0 Å². The van der Waals surface area contributed by atoms with E-state index >= 15 is 0 Å². The van der Waals surface area contributed by atoms with Crippen LogP contribution in [0, 0.1) is 35.5 Å². The average molecular weight is 250 g/mol. The smallest absolute Gasteiger partial charge is 0.0357 e. The third-order valence-corrected chi connectivity index (χ3v) is 6.51. The van der Waals surface area contributed by atoms with Crippen molar-refractivity contribution in [2.45, 2.75) is 79.1 Å². The second-order valence-corrected chi connectivity index (χ2v) is 7.67. The summed E-state index contributed by atoms with van der Waals surface area (Å²) in [5.74, 6) is 5.94. The van der Waals surface area contributed by atoms with Crippen LogP contribution < -0.4 is 0 Å². The summed E-state index contributed by atoms with van der Waals surface area (Å²) in [4.78, 5) is 0. The van der Waals surface area contributed by atoms with E-state index in [0.717, 1.165) is 35.5 Å². The van der Waals surface area contributed by atoms with Gasteiger partial charge in [-0.15, -0.1) is 0 Å². The predicted octanol–water partition coefficient (Wildman–Crippen LogP) is 5.91. The highest BCUT2D eigenvalue weighted by Gasteiger charge is 2.35. The van der Waals surface area contributed by atoms with Crippen molar-refractivity contribution < 1.29 is 0 Å². The molecule has 2 aliphatic rings. The first-order chi connectivity index (χ1) is 8.59. The number of fused-ring (bicyclic) bond motifs is 1. The van der Waals surface area contributed by atoms with Gasteiger partial charge >= 0.3 is 0 Å². The molecule has 18 heavy (non-hydrogen) atoms. The topological polar surface area (TPSA) is 0 Å². The molecule has 0 radical (unpaired) electrons. The van der Waals surface area contributed by atoms with Crippen LogP contribution in [-0.4, -0.2) is 0 Å². The summed E-state index contributed by atoms with van der Waals surface area (Å²) in [6.45, 7) is 10.1. The van der Waals surface area contributed by atoms with Crippen molar-refractivity contribution in [1.29, 1.82) is 0 Å². The van der Waals surface area contributed by atoms with Crippen molar-refractivity contribution in [2.24, 2.45) is 35.5 Å². The van der Waals surface area contributed by atoms with Crippen LogP contribution in [0.25, 0.3) is 0 Å². The number of hydrogen-bond donors (Lipinski definition) is 0. The molecule has 2 saturated carbocycles. The van der Waals surface area contributed by atoms with Crippen LogP contribution >= 0.6 is 0 Å². The Hall–Kier alpha value is 0. The second-order valence-electron chi connectivity index (χ2n) is 7.67. The Morgan fingerprint density at radius 2 is 1.28 bits per heavy atom. The van der Waals surface area contributed by atoms with Crippen LogP contribution in [0.2, 0.25) is 0 Å². The molecule has 2 rings (SSSR count). The van der Waals surface area contributed by atoms with Gasteiger partial charge in [0.2, 0.25) is 0 Å². The molecule has 2 fully saturated rings. The molecule has 0 bridgehead atoms. The van der Waals surface area contributed by atoms with Crippen LogP contribution in [0.15, 0.2) is 0 Å². The third-order valence-electron chi connectivity index (χ3n) is 6.51. The van der Waals surface area contributed by atoms with Crippen molar-refractivity contribution in [3.8, 4) is 0 Å². The molecule has 0 aromatic heterocycles. The standard InChI is InChI=1S/C18H34/c1-13-8-5-6-9-14(2)16(4)18-11-7-10-17(18)12-15(13)3/h13-18H,5-12H2,1-4H3. The summed E-state index contributed by atoms with van der Waals surface area (Å²) in [6, 6.07) is 0. The van der Waals surface area contributed by atoms with E-state index in [9.17, 15) is 0 Å². The van der Waals surface area contributed by atoms with E-state index in [2.05, 4.69) is 27.7 Å². The average Bonchev–Trinajstić information content (AvgIpc) is 2.79. The molecule has 6 unspecified atom stereocenters. The molecule has 0 aliphatic heterocycles. The molecule has 2 aliphatic carbocycles. The molecule has 0 heterocycles. The van der Waals surface area contributed by atoms with E-state index in [-0.39, 0.29) is 0 Å². The molecule has 6 atom stereocenters. The van der Waals surface area contributed by atoms with E-state index in [1.54, 1.807) is 0 Å². The maximum absolute atomic E-state index is 2.56. The van der Waals surface area contributed by atoms with Gasteiger partial charge in [0.05, 0.1) is 0 Å². The normalized spacial score (nSPS) is 47.3. The van der Waals surface area contributed by atoms with Gasteiger partial charge in [-0.1, -0.05) is 66.2 Å². The minimum Gasteiger partial charge on any atom is -0.0623 e. The summed E-state index contributed by atoms with van der Waals surface area (Å²) < 4.78 is 0. The van der Waals surface area contributed by atoms with Gasteiger partial charge in [0.25, 0.3) is 0 Å². The van der Waals surface area contributed by atoms with Crippen molar-refractivity contribution in [3.63, 3.8) is 0 Å². The fraction of sp³-hybridized carbons (Fsp3) is 1.00. The van der Waals surface area contributed by atoms with Crippen LogP contribution in [0.4, 0.5) is 0 Å². The van der Waals surface area contributed by atoms with Crippen molar-refractivity contribution in [1.82, 2.24) is 0 Å². The Bertz CT molecular complexity index is 244. The van der Waals surface area contributed by atoms with Crippen molar-refractivity contribution in [2.75, 3.05) is 0 Å². The molecule has 0 spiro atoms. The molecule has 0 saturated heterocycles. The fourth-order valence-electron chi connectivity index (χ4n) is 4.66. The van der Waals surface area contributed by atoms with Gasteiger partial charge in [-0.05, 0) is 48.3 Å². The first-order valence-corrected chi connectivity index (χ1v) is 8.59. The molecule has 106 valence electrons. The Kier molecular flexibility index (Phi) is 5.15. The predicted molar refractivity (Wildman–Crippen MR) is 80.6 cm³/mol. The van der Waals surface area contributed by atoms with E-state index < -0.39 is 0 Å². The molecule has 0 aromatic rings. The molecule has 0 N–H and O–H groups in total. The largest absolute Gasteiger partial charge is 0.0623 e. The molecule has 0 amide bonds. The third kappa shape index (κ3) is 3.31. The second kappa shape index (κ2) is 6.44. The number of rotatable bonds is 0. The highest BCUT2D eigenvalue weighted by molar-refractivity contribution is 4.85. The lowest BCUT2D eigenvalue weighted by Gasteiger charge is -2.32. The van der Waals surface area contributed by atoms with Gasteiger partial charge in [-0.25, -0.2) is 0 Å². The van der Waals surface area contributed by atoms with E-state index in [1.807, 2.05) is 0 Å². The maximum Gasteiger partial charge on any atom is -0.0357 e. The summed E-state index contributed by atoms with van der Waals surface area (Å²) in [5, 5.41) is 0. The van der Waals surface area contributed by atoms with Gasteiger partial charge in [-0.3, -0.25) is 0 Å². The van der Waals surface area contributed by atoms with Crippen LogP contribution in [0.5, 0.6) is 0 Å². The highest BCUT2D eigenvalue weighted by Crippen LogP contribution is 2.45. The van der Waals surface area contributed by atoms with E-state index in [1.165, 1.54) is 51.4 Å². The first-order valence-electron chi connectivity index (χ1n) is 8.59. The SMILES string of the molecule is CC1CCCCC(C)C(C)C2CCCC2CC1C. The maximum atomic E-state index is 2.56. The van der Waals surface area contributed by atoms with Crippen molar-refractivity contribution in [3.05, 3.63) is 0 Å². The Morgan fingerprint density at radius 1 is 0.611 bits per heavy atom. The molecular weight excluding hydrogens is 216 g/mol. The monoisotopic (exact) mass is 250 g/mol. The van der Waals surface area contributed by atoms with Gasteiger partial charge in [0.1, 0.15) is 0 Å². The van der Waals surface area contributed by atoms with Crippen LogP contribution in [0.3, 0.4) is 0 Å². The molecular formula is C18H34. The lowest BCUT2D eigenvalue weighted by Crippen LogP contribution is -2.24. The minimum absolute atomic E-state index is 0.954. The first kappa shape index (κ1) is 14.4. The van der Waals surface area contributed by atoms with Gasteiger partial charge < -0.3 is 0 Å². The summed E-state index contributed by atoms with van der Waals surface area (Å²) in [6.07, 6.45) is 12.0. The Balaban J connectivity index is 2.07. The van der Waals surface area contributed by atoms with Crippen LogP contribution in [0.1, 0.15) is 79.1 Å².